The van der Waals surface area contributed by atoms with Gasteiger partial charge in [0.1, 0.15) is 22.9 Å². The van der Waals surface area contributed by atoms with Crippen LogP contribution in [0.5, 0.6) is 0 Å². The fraction of sp³-hybridized carbons (Fsp3) is 0.250. The number of furan rings is 1. The molecule has 24 heavy (non-hydrogen) atoms. The van der Waals surface area contributed by atoms with Crippen molar-refractivity contribution in [1.82, 2.24) is 0 Å². The molecule has 1 aromatic carbocycles. The Labute approximate surface area is 138 Å². The van der Waals surface area contributed by atoms with Crippen molar-refractivity contribution in [2.45, 2.75) is 19.9 Å². The average Bonchev–Trinajstić information content (AvgIpc) is 2.97. The minimum atomic E-state index is -0.854. The average molecular weight is 335 g/mol. The third-order valence-electron chi connectivity index (χ3n) is 3.28. The van der Waals surface area contributed by atoms with Gasteiger partial charge in [0.25, 0.3) is 0 Å². The van der Waals surface area contributed by atoms with Crippen molar-refractivity contribution in [1.29, 1.82) is 0 Å². The van der Waals surface area contributed by atoms with E-state index in [-0.39, 0.29) is 12.2 Å². The van der Waals surface area contributed by atoms with Crippen molar-refractivity contribution < 1.29 is 23.1 Å². The molecule has 2 rings (SSSR count). The second-order valence-electron chi connectivity index (χ2n) is 4.93. The van der Waals surface area contributed by atoms with Crippen LogP contribution in [0.4, 0.5) is 20.6 Å². The number of carbonyl (C=O) groups is 2. The third kappa shape index (κ3) is 4.03. The van der Waals surface area contributed by atoms with Gasteiger partial charge in [0.05, 0.1) is 19.3 Å². The summed E-state index contributed by atoms with van der Waals surface area (Å²) in [5, 5.41) is 5.21. The fourth-order valence-electron chi connectivity index (χ4n) is 2.17. The lowest BCUT2D eigenvalue weighted by molar-refractivity contribution is 0.0598. The van der Waals surface area contributed by atoms with Crippen molar-refractivity contribution in [3.63, 3.8) is 0 Å². The quantitative estimate of drug-likeness (QED) is 0.704. The molecular formula is C16H18FN3O4. The summed E-state index contributed by atoms with van der Waals surface area (Å²) in [6.45, 7) is 2.13. The van der Waals surface area contributed by atoms with Crippen molar-refractivity contribution in [2.24, 2.45) is 5.73 Å². The zero-order chi connectivity index (χ0) is 17.7. The molecule has 7 nitrogen and oxygen atoms in total. The fourth-order valence-corrected chi connectivity index (χ4v) is 2.17. The number of esters is 1. The summed E-state index contributed by atoms with van der Waals surface area (Å²) in [4.78, 5) is 22.5. The summed E-state index contributed by atoms with van der Waals surface area (Å²) in [7, 11) is 1.30. The van der Waals surface area contributed by atoms with Crippen LogP contribution in [0, 0.1) is 5.82 Å². The van der Waals surface area contributed by atoms with E-state index in [1.165, 1.54) is 25.3 Å². The standard InChI is InChI=1S/C16H18FN3O4/c1-3-14-11(15(21)23-2)7-10(24-14)8-19-9-4-5-12(17)13(6-9)20-16(18)22/h4-7,19H,3,8H2,1-2H3,(H3,18,20,22). The van der Waals surface area contributed by atoms with Crippen molar-refractivity contribution >= 4 is 23.4 Å². The van der Waals surface area contributed by atoms with Crippen LogP contribution < -0.4 is 16.4 Å². The third-order valence-corrected chi connectivity index (χ3v) is 3.28. The van der Waals surface area contributed by atoms with Gasteiger partial charge in [0.2, 0.25) is 0 Å². The first-order valence-corrected chi connectivity index (χ1v) is 7.24. The smallest absolute Gasteiger partial charge is 0.341 e. The Balaban J connectivity index is 2.12. The number of methoxy groups -OCH3 is 1. The van der Waals surface area contributed by atoms with Crippen LogP contribution in [0.15, 0.2) is 28.7 Å². The highest BCUT2D eigenvalue weighted by molar-refractivity contribution is 5.90. The molecule has 1 heterocycles. The molecular weight excluding hydrogens is 317 g/mol. The van der Waals surface area contributed by atoms with Gasteiger partial charge in [-0.15, -0.1) is 0 Å². The van der Waals surface area contributed by atoms with E-state index in [2.05, 4.69) is 10.6 Å². The van der Waals surface area contributed by atoms with E-state index in [9.17, 15) is 14.0 Å². The number of carbonyl (C=O) groups excluding carboxylic acids is 2. The molecule has 0 radical (unpaired) electrons. The first-order chi connectivity index (χ1) is 11.4. The number of aryl methyl sites for hydroxylation is 1. The number of hydrogen-bond acceptors (Lipinski definition) is 5. The lowest BCUT2D eigenvalue weighted by Crippen LogP contribution is -2.20. The van der Waals surface area contributed by atoms with Gasteiger partial charge in [-0.3, -0.25) is 0 Å². The second kappa shape index (κ2) is 7.49. The van der Waals surface area contributed by atoms with Crippen molar-refractivity contribution in [3.8, 4) is 0 Å². The second-order valence-corrected chi connectivity index (χ2v) is 4.93. The van der Waals surface area contributed by atoms with Crippen LogP contribution in [0.1, 0.15) is 28.8 Å². The van der Waals surface area contributed by atoms with Gasteiger partial charge in [-0.1, -0.05) is 6.92 Å². The van der Waals surface area contributed by atoms with Gasteiger partial charge in [0, 0.05) is 12.1 Å². The Morgan fingerprint density at radius 3 is 2.71 bits per heavy atom. The van der Waals surface area contributed by atoms with Crippen LogP contribution in [-0.2, 0) is 17.7 Å². The maximum absolute atomic E-state index is 13.6. The molecule has 0 unspecified atom stereocenters. The largest absolute Gasteiger partial charge is 0.465 e. The Hall–Kier alpha value is -3.03. The van der Waals surface area contributed by atoms with E-state index in [0.717, 1.165) is 0 Å². The monoisotopic (exact) mass is 335 g/mol. The molecule has 0 saturated heterocycles. The summed E-state index contributed by atoms with van der Waals surface area (Å²) < 4.78 is 23.9. The highest BCUT2D eigenvalue weighted by Crippen LogP contribution is 2.22. The summed E-state index contributed by atoms with van der Waals surface area (Å²) in [5.41, 5.74) is 5.89. The van der Waals surface area contributed by atoms with E-state index < -0.39 is 17.8 Å². The number of nitrogens with two attached hydrogens (primary N) is 1. The molecule has 1 aromatic heterocycles. The SMILES string of the molecule is CCc1oc(CNc2ccc(F)c(NC(N)=O)c2)cc1C(=O)OC. The van der Waals surface area contributed by atoms with Crippen molar-refractivity contribution in [2.75, 3.05) is 17.7 Å². The summed E-state index contributed by atoms with van der Waals surface area (Å²) in [5.74, 6) is 0.00463. The van der Waals surface area contributed by atoms with Crippen molar-refractivity contribution in [3.05, 3.63) is 47.2 Å². The van der Waals surface area contributed by atoms with Crippen LogP contribution in [0.25, 0.3) is 0 Å². The number of anilines is 2. The minimum Gasteiger partial charge on any atom is -0.465 e. The highest BCUT2D eigenvalue weighted by Gasteiger charge is 2.17. The minimum absolute atomic E-state index is 0.0311. The Bertz CT molecular complexity index is 758. The molecule has 0 bridgehead atoms. The number of urea groups is 1. The first kappa shape index (κ1) is 17.3. The molecule has 0 atom stereocenters. The molecule has 8 heteroatoms. The number of primary amides is 1. The lowest BCUT2D eigenvalue weighted by atomic mass is 10.2. The molecule has 2 amide bonds. The van der Waals surface area contributed by atoms with E-state index in [1.54, 1.807) is 6.07 Å². The van der Waals surface area contributed by atoms with Crippen LogP contribution in [-0.4, -0.2) is 19.1 Å². The first-order valence-electron chi connectivity index (χ1n) is 7.24. The normalized spacial score (nSPS) is 10.3. The number of benzene rings is 1. The summed E-state index contributed by atoms with van der Waals surface area (Å²) >= 11 is 0. The number of nitrogens with one attached hydrogen (secondary N) is 2. The molecule has 128 valence electrons. The zero-order valence-electron chi connectivity index (χ0n) is 13.3. The molecule has 0 aliphatic carbocycles. The van der Waals surface area contributed by atoms with E-state index in [0.29, 0.717) is 29.2 Å². The Morgan fingerprint density at radius 2 is 2.08 bits per heavy atom. The maximum atomic E-state index is 13.6. The van der Waals surface area contributed by atoms with Gasteiger partial charge in [-0.25, -0.2) is 14.0 Å². The summed E-state index contributed by atoms with van der Waals surface area (Å²) in [6, 6.07) is 4.86. The molecule has 0 saturated carbocycles. The predicted molar refractivity (Wildman–Crippen MR) is 86.4 cm³/mol. The molecule has 2 aromatic rings. The zero-order valence-corrected chi connectivity index (χ0v) is 13.3. The number of hydrogen-bond donors (Lipinski definition) is 3. The summed E-state index contributed by atoms with van der Waals surface area (Å²) in [6.07, 6.45) is 0.549. The number of amides is 2. The van der Waals surface area contributed by atoms with Gasteiger partial charge in [-0.05, 0) is 24.3 Å². The van der Waals surface area contributed by atoms with Gasteiger partial charge >= 0.3 is 12.0 Å². The predicted octanol–water partition coefficient (Wildman–Crippen LogP) is 2.87. The van der Waals surface area contributed by atoms with E-state index >= 15 is 0 Å². The van der Waals surface area contributed by atoms with Crippen LogP contribution >= 0.6 is 0 Å². The van der Waals surface area contributed by atoms with E-state index in [1.807, 2.05) is 6.92 Å². The molecule has 0 fully saturated rings. The molecule has 0 spiro atoms. The van der Waals surface area contributed by atoms with Gasteiger partial charge in [-0.2, -0.15) is 0 Å². The molecule has 0 aliphatic heterocycles. The molecule has 0 aliphatic rings. The lowest BCUT2D eigenvalue weighted by Gasteiger charge is -2.08. The molecule has 4 N–H and O–H groups in total. The van der Waals surface area contributed by atoms with E-state index in [4.69, 9.17) is 14.9 Å². The topological polar surface area (TPSA) is 107 Å². The number of ether oxygens (including phenoxy) is 1. The van der Waals surface area contributed by atoms with Gasteiger partial charge < -0.3 is 25.5 Å². The number of halogens is 1. The Kier molecular flexibility index (Phi) is 5.41. The van der Waals surface area contributed by atoms with Crippen LogP contribution in [0.3, 0.4) is 0 Å². The van der Waals surface area contributed by atoms with Crippen LogP contribution in [0.2, 0.25) is 0 Å². The maximum Gasteiger partial charge on any atom is 0.341 e. The number of rotatable bonds is 6. The Morgan fingerprint density at radius 1 is 1.33 bits per heavy atom. The highest BCUT2D eigenvalue weighted by atomic mass is 19.1. The van der Waals surface area contributed by atoms with Gasteiger partial charge in [0.15, 0.2) is 0 Å².